The lowest BCUT2D eigenvalue weighted by atomic mass is 9.78. The number of carbonyl (C=O) groups excluding carboxylic acids is 1. The number of carbonyl (C=O) groups is 1. The van der Waals surface area contributed by atoms with Crippen LogP contribution in [0.5, 0.6) is 0 Å². The number of hydrogen-bond donors (Lipinski definition) is 3. The molecule has 8 nitrogen and oxygen atoms in total. The van der Waals surface area contributed by atoms with Crippen molar-refractivity contribution in [2.45, 2.75) is 50.2 Å². The molecule has 34 heavy (non-hydrogen) atoms. The first-order valence-electron chi connectivity index (χ1n) is 11.0. The van der Waals surface area contributed by atoms with Crippen molar-refractivity contribution in [1.82, 2.24) is 10.3 Å². The van der Waals surface area contributed by atoms with E-state index in [1.807, 2.05) is 24.3 Å². The molecule has 1 unspecified atom stereocenters. The van der Waals surface area contributed by atoms with E-state index in [1.165, 1.54) is 18.5 Å². The maximum Gasteiger partial charge on any atom is 0.233 e. The lowest BCUT2D eigenvalue weighted by Crippen LogP contribution is -2.41. The number of pyridine rings is 1. The second kappa shape index (κ2) is 11.7. The third-order valence-corrected chi connectivity index (χ3v) is 6.32. The van der Waals surface area contributed by atoms with E-state index in [1.54, 1.807) is 0 Å². The van der Waals surface area contributed by atoms with Crippen LogP contribution in [0.15, 0.2) is 52.6 Å². The predicted molar refractivity (Wildman–Crippen MR) is 130 cm³/mol. The van der Waals surface area contributed by atoms with Crippen molar-refractivity contribution in [1.29, 1.82) is 5.26 Å². The Bertz CT molecular complexity index is 1110. The number of aliphatic imine (C=N–C) groups is 2. The molecule has 0 spiro atoms. The Morgan fingerprint density at radius 2 is 2.09 bits per heavy atom. The molecule has 178 valence electrons. The Morgan fingerprint density at radius 1 is 1.35 bits per heavy atom. The first-order chi connectivity index (χ1) is 16.3. The standard InChI is InChI=1S/C24H27ClFN7O/c25-20-4-2-1-3-16(20)14-31-17-5-8-24(9-6-17,10-11-27)32-15-19(23(29)34)22(28)33-18-7-12-30-21(26)13-18/h1-4,7,12-13,15,17,19,31H,5-6,8-10,14H2,(H2,29,34)(H2,28,30,33). The van der Waals surface area contributed by atoms with Gasteiger partial charge in [0.1, 0.15) is 11.8 Å². The molecule has 1 aromatic carbocycles. The quantitative estimate of drug-likeness (QED) is 0.284. The lowest BCUT2D eigenvalue weighted by Gasteiger charge is -2.36. The van der Waals surface area contributed by atoms with E-state index in [-0.39, 0.29) is 24.0 Å². The summed E-state index contributed by atoms with van der Waals surface area (Å²) in [5.74, 6) is -2.64. The summed E-state index contributed by atoms with van der Waals surface area (Å²) in [6, 6.07) is 12.7. The highest BCUT2D eigenvalue weighted by Gasteiger charge is 2.35. The minimum Gasteiger partial charge on any atom is -0.386 e. The number of nitrogens with one attached hydrogen (secondary N) is 1. The van der Waals surface area contributed by atoms with Gasteiger partial charge in [-0.3, -0.25) is 9.79 Å². The number of rotatable bonds is 9. The molecule has 1 saturated carbocycles. The van der Waals surface area contributed by atoms with E-state index < -0.39 is 23.3 Å². The molecule has 0 bridgehead atoms. The third-order valence-electron chi connectivity index (χ3n) is 5.95. The summed E-state index contributed by atoms with van der Waals surface area (Å²) >= 11 is 6.23. The summed E-state index contributed by atoms with van der Waals surface area (Å²) in [7, 11) is 0. The molecule has 0 aliphatic heterocycles. The maximum atomic E-state index is 13.3. The van der Waals surface area contributed by atoms with Gasteiger partial charge < -0.3 is 16.8 Å². The van der Waals surface area contributed by atoms with E-state index in [2.05, 4.69) is 26.4 Å². The highest BCUT2D eigenvalue weighted by atomic mass is 35.5. The van der Waals surface area contributed by atoms with Crippen molar-refractivity contribution >= 4 is 35.2 Å². The zero-order valence-electron chi connectivity index (χ0n) is 18.6. The second-order valence-electron chi connectivity index (χ2n) is 8.34. The number of nitriles is 1. The summed E-state index contributed by atoms with van der Waals surface area (Å²) < 4.78 is 13.3. The van der Waals surface area contributed by atoms with Gasteiger partial charge in [-0.15, -0.1) is 0 Å². The van der Waals surface area contributed by atoms with Crippen LogP contribution in [0.3, 0.4) is 0 Å². The number of nitrogens with two attached hydrogens (primary N) is 2. The molecule has 10 heteroatoms. The normalized spacial score (nSPS) is 21.8. The third kappa shape index (κ3) is 6.83. The number of primary amides is 1. The topological polar surface area (TPSA) is 143 Å². The lowest BCUT2D eigenvalue weighted by molar-refractivity contribution is -0.118. The van der Waals surface area contributed by atoms with Crippen LogP contribution in [0.2, 0.25) is 5.02 Å². The predicted octanol–water partition coefficient (Wildman–Crippen LogP) is 3.42. The minimum absolute atomic E-state index is 0.107. The van der Waals surface area contributed by atoms with Gasteiger partial charge in [0.15, 0.2) is 0 Å². The van der Waals surface area contributed by atoms with Crippen molar-refractivity contribution in [2.24, 2.45) is 27.4 Å². The average Bonchev–Trinajstić information content (AvgIpc) is 2.80. The van der Waals surface area contributed by atoms with Gasteiger partial charge in [-0.05, 0) is 43.4 Å². The average molecular weight is 484 g/mol. The van der Waals surface area contributed by atoms with Gasteiger partial charge in [0.2, 0.25) is 11.9 Å². The van der Waals surface area contributed by atoms with Crippen LogP contribution in [0.1, 0.15) is 37.7 Å². The molecule has 5 N–H and O–H groups in total. The number of halogens is 2. The Hall–Kier alpha value is -3.35. The number of aromatic nitrogens is 1. The molecule has 1 aliphatic rings. The molecule has 1 fully saturated rings. The summed E-state index contributed by atoms with van der Waals surface area (Å²) in [5.41, 5.74) is 12.1. The van der Waals surface area contributed by atoms with Crippen LogP contribution in [0, 0.1) is 23.2 Å². The first kappa shape index (κ1) is 25.3. The molecule has 3 rings (SSSR count). The molecular weight excluding hydrogens is 457 g/mol. The van der Waals surface area contributed by atoms with E-state index >= 15 is 0 Å². The Kier molecular flexibility index (Phi) is 8.68. The fourth-order valence-corrected chi connectivity index (χ4v) is 4.17. The molecular formula is C24H27ClFN7O. The molecule has 1 aliphatic carbocycles. The van der Waals surface area contributed by atoms with Crippen molar-refractivity contribution in [3.05, 3.63) is 59.1 Å². The maximum absolute atomic E-state index is 13.3. The monoisotopic (exact) mass is 483 g/mol. The Balaban J connectivity index is 1.67. The largest absolute Gasteiger partial charge is 0.386 e. The number of amides is 1. The number of amidine groups is 1. The van der Waals surface area contributed by atoms with E-state index in [4.69, 9.17) is 23.1 Å². The van der Waals surface area contributed by atoms with Crippen LogP contribution < -0.4 is 16.8 Å². The minimum atomic E-state index is -1.08. The molecule has 1 amide bonds. The van der Waals surface area contributed by atoms with Crippen LogP contribution in [-0.4, -0.2) is 34.5 Å². The summed E-state index contributed by atoms with van der Waals surface area (Å²) in [6.07, 6.45) is 5.77. The van der Waals surface area contributed by atoms with Gasteiger partial charge in [-0.1, -0.05) is 29.8 Å². The summed E-state index contributed by atoms with van der Waals surface area (Å²) in [4.78, 5) is 24.2. The second-order valence-corrected chi connectivity index (χ2v) is 8.74. The highest BCUT2D eigenvalue weighted by Crippen LogP contribution is 2.35. The molecule has 0 radical (unpaired) electrons. The number of benzene rings is 1. The molecule has 2 aromatic rings. The van der Waals surface area contributed by atoms with Crippen molar-refractivity contribution in [3.63, 3.8) is 0 Å². The van der Waals surface area contributed by atoms with E-state index in [9.17, 15) is 14.4 Å². The van der Waals surface area contributed by atoms with Gasteiger partial charge in [-0.2, -0.15) is 9.65 Å². The van der Waals surface area contributed by atoms with Crippen molar-refractivity contribution < 1.29 is 9.18 Å². The smallest absolute Gasteiger partial charge is 0.233 e. The SMILES string of the molecule is N#CCC1(N=CC(C(N)=O)C(N)=Nc2ccnc(F)c2)CCC(NCc2ccccc2Cl)CC1. The summed E-state index contributed by atoms with van der Waals surface area (Å²) in [6.45, 7) is 0.658. The van der Waals surface area contributed by atoms with E-state index in [0.29, 0.717) is 19.4 Å². The van der Waals surface area contributed by atoms with Crippen LogP contribution in [0.4, 0.5) is 10.1 Å². The fourth-order valence-electron chi connectivity index (χ4n) is 3.96. The van der Waals surface area contributed by atoms with Gasteiger partial charge in [0.25, 0.3) is 0 Å². The zero-order valence-corrected chi connectivity index (χ0v) is 19.4. The highest BCUT2D eigenvalue weighted by molar-refractivity contribution is 6.31. The van der Waals surface area contributed by atoms with E-state index in [0.717, 1.165) is 29.5 Å². The molecule has 1 aromatic heterocycles. The fraction of sp³-hybridized carbons (Fsp3) is 0.375. The number of hydrogen-bond acceptors (Lipinski definition) is 6. The van der Waals surface area contributed by atoms with Crippen molar-refractivity contribution in [2.75, 3.05) is 0 Å². The van der Waals surface area contributed by atoms with Crippen LogP contribution in [0.25, 0.3) is 0 Å². The van der Waals surface area contributed by atoms with Gasteiger partial charge in [0.05, 0.1) is 23.7 Å². The summed E-state index contributed by atoms with van der Waals surface area (Å²) in [5, 5.41) is 13.6. The van der Waals surface area contributed by atoms with Crippen LogP contribution >= 0.6 is 11.6 Å². The Labute approximate surface area is 202 Å². The molecule has 1 atom stereocenters. The number of nitrogens with zero attached hydrogens (tertiary/aromatic N) is 4. The van der Waals surface area contributed by atoms with Gasteiger partial charge in [-0.25, -0.2) is 9.98 Å². The molecule has 0 saturated heterocycles. The van der Waals surface area contributed by atoms with Gasteiger partial charge >= 0.3 is 0 Å². The van der Waals surface area contributed by atoms with Gasteiger partial charge in [0, 0.05) is 36.1 Å². The van der Waals surface area contributed by atoms with Crippen LogP contribution in [-0.2, 0) is 11.3 Å². The molecule has 1 heterocycles. The van der Waals surface area contributed by atoms with Crippen molar-refractivity contribution in [3.8, 4) is 6.07 Å². The first-order valence-corrected chi connectivity index (χ1v) is 11.3. The Morgan fingerprint density at radius 3 is 2.74 bits per heavy atom. The zero-order chi connectivity index (χ0) is 24.6.